The van der Waals surface area contributed by atoms with Gasteiger partial charge in [-0.15, -0.1) is 0 Å². The van der Waals surface area contributed by atoms with E-state index in [2.05, 4.69) is 15.3 Å². The summed E-state index contributed by atoms with van der Waals surface area (Å²) in [6, 6.07) is 8.77. The summed E-state index contributed by atoms with van der Waals surface area (Å²) >= 11 is 5.89. The molecule has 4 nitrogen and oxygen atoms in total. The van der Waals surface area contributed by atoms with Crippen LogP contribution < -0.4 is 10.9 Å². The van der Waals surface area contributed by atoms with Gasteiger partial charge in [-0.25, -0.2) is 4.98 Å². The molecule has 0 atom stereocenters. The lowest BCUT2D eigenvalue weighted by Gasteiger charge is -2.06. The van der Waals surface area contributed by atoms with Gasteiger partial charge in [0.05, 0.1) is 0 Å². The van der Waals surface area contributed by atoms with Gasteiger partial charge in [0, 0.05) is 22.5 Å². The van der Waals surface area contributed by atoms with Crippen molar-refractivity contribution in [3.8, 4) is 0 Å². The minimum Gasteiger partial charge on any atom is -0.326 e. The van der Waals surface area contributed by atoms with E-state index in [1.807, 2.05) is 19.1 Å². The zero-order valence-corrected chi connectivity index (χ0v) is 10.8. The first-order valence-corrected chi connectivity index (χ1v) is 6.18. The van der Waals surface area contributed by atoms with Crippen LogP contribution in [0.2, 0.25) is 5.02 Å². The normalized spacial score (nSPS) is 10.3. The monoisotopic (exact) mass is 263 g/mol. The van der Waals surface area contributed by atoms with E-state index in [1.54, 1.807) is 12.1 Å². The van der Waals surface area contributed by atoms with Crippen molar-refractivity contribution in [3.63, 3.8) is 0 Å². The summed E-state index contributed by atoms with van der Waals surface area (Å²) in [4.78, 5) is 18.5. The molecule has 1 aromatic heterocycles. The molecule has 0 unspecified atom stereocenters. The number of hydrogen-bond acceptors (Lipinski definition) is 3. The van der Waals surface area contributed by atoms with Gasteiger partial charge in [-0.05, 0) is 24.6 Å². The number of aromatic nitrogens is 2. The lowest BCUT2D eigenvalue weighted by Crippen LogP contribution is -2.12. The average Bonchev–Trinajstić information content (AvgIpc) is 2.28. The van der Waals surface area contributed by atoms with Gasteiger partial charge in [-0.3, -0.25) is 9.78 Å². The summed E-state index contributed by atoms with van der Waals surface area (Å²) in [5.41, 5.74) is 1.42. The molecule has 94 valence electrons. The largest absolute Gasteiger partial charge is 0.326 e. The van der Waals surface area contributed by atoms with E-state index in [9.17, 15) is 4.79 Å². The summed E-state index contributed by atoms with van der Waals surface area (Å²) < 4.78 is 0. The summed E-state index contributed by atoms with van der Waals surface area (Å²) in [6.45, 7) is 2.05. The van der Waals surface area contributed by atoms with Crippen molar-refractivity contribution < 1.29 is 0 Å². The Morgan fingerprint density at radius 2 is 2.22 bits per heavy atom. The highest BCUT2D eigenvalue weighted by molar-refractivity contribution is 6.30. The third-order valence-electron chi connectivity index (χ3n) is 2.39. The molecule has 2 rings (SSSR count). The predicted octanol–water partition coefficient (Wildman–Crippen LogP) is 3.12. The zero-order chi connectivity index (χ0) is 13.0. The van der Waals surface area contributed by atoms with Gasteiger partial charge in [0.25, 0.3) is 5.56 Å². The Bertz CT molecular complexity index is 595. The second-order valence-corrected chi connectivity index (χ2v) is 4.41. The minimum absolute atomic E-state index is 0.155. The number of nitrogens with zero attached hydrogens (tertiary/aromatic N) is 1. The van der Waals surface area contributed by atoms with Crippen LogP contribution in [0.15, 0.2) is 35.1 Å². The van der Waals surface area contributed by atoms with Gasteiger partial charge in [0.2, 0.25) is 5.95 Å². The first-order chi connectivity index (χ1) is 8.67. The molecule has 0 aliphatic heterocycles. The van der Waals surface area contributed by atoms with Crippen LogP contribution in [-0.4, -0.2) is 9.97 Å². The van der Waals surface area contributed by atoms with Crippen molar-refractivity contribution in [2.45, 2.75) is 19.8 Å². The van der Waals surface area contributed by atoms with Crippen molar-refractivity contribution in [2.24, 2.45) is 0 Å². The Balaban J connectivity index is 2.26. The average molecular weight is 264 g/mol. The van der Waals surface area contributed by atoms with Crippen molar-refractivity contribution in [3.05, 3.63) is 51.4 Å². The molecule has 0 aliphatic rings. The first kappa shape index (κ1) is 12.6. The lowest BCUT2D eigenvalue weighted by molar-refractivity contribution is 0.870. The van der Waals surface area contributed by atoms with E-state index < -0.39 is 0 Å². The molecule has 0 spiro atoms. The Hall–Kier alpha value is -1.81. The Labute approximate surface area is 110 Å². The molecule has 5 heteroatoms. The van der Waals surface area contributed by atoms with Crippen LogP contribution in [0.4, 0.5) is 11.6 Å². The molecule has 0 saturated heterocycles. The highest BCUT2D eigenvalue weighted by Gasteiger charge is 2.01. The van der Waals surface area contributed by atoms with E-state index in [1.165, 1.54) is 6.07 Å². The number of anilines is 2. The molecule has 2 aromatic rings. The van der Waals surface area contributed by atoms with Crippen LogP contribution in [0, 0.1) is 0 Å². The highest BCUT2D eigenvalue weighted by atomic mass is 35.5. The Morgan fingerprint density at radius 1 is 1.39 bits per heavy atom. The van der Waals surface area contributed by atoms with Crippen LogP contribution in [0.3, 0.4) is 0 Å². The highest BCUT2D eigenvalue weighted by Crippen LogP contribution is 2.17. The molecule has 2 N–H and O–H groups in total. The van der Waals surface area contributed by atoms with Gasteiger partial charge in [-0.1, -0.05) is 31.0 Å². The van der Waals surface area contributed by atoms with E-state index in [4.69, 9.17) is 11.6 Å². The second-order valence-electron chi connectivity index (χ2n) is 3.97. The van der Waals surface area contributed by atoms with E-state index in [-0.39, 0.29) is 5.56 Å². The third-order valence-corrected chi connectivity index (χ3v) is 2.62. The third kappa shape index (κ3) is 3.34. The molecule has 0 bridgehead atoms. The van der Waals surface area contributed by atoms with Crippen LogP contribution in [-0.2, 0) is 6.42 Å². The molecular weight excluding hydrogens is 250 g/mol. The number of benzene rings is 1. The number of rotatable bonds is 4. The smallest absolute Gasteiger partial charge is 0.252 e. The quantitative estimate of drug-likeness (QED) is 0.891. The molecule has 0 amide bonds. The number of hydrogen-bond donors (Lipinski definition) is 2. The maximum Gasteiger partial charge on any atom is 0.252 e. The fourth-order valence-electron chi connectivity index (χ4n) is 1.65. The zero-order valence-electron chi connectivity index (χ0n) is 10.0. The lowest BCUT2D eigenvalue weighted by atomic mass is 10.2. The van der Waals surface area contributed by atoms with Crippen molar-refractivity contribution in [1.82, 2.24) is 9.97 Å². The van der Waals surface area contributed by atoms with Gasteiger partial charge < -0.3 is 5.32 Å². The predicted molar refractivity (Wildman–Crippen MR) is 73.6 cm³/mol. The SMILES string of the molecule is CCCc1cc(=O)[nH]c(Nc2cccc(Cl)c2)n1. The molecule has 18 heavy (non-hydrogen) atoms. The second kappa shape index (κ2) is 5.69. The molecule has 1 heterocycles. The number of aryl methyl sites for hydroxylation is 1. The minimum atomic E-state index is -0.155. The van der Waals surface area contributed by atoms with E-state index in [0.717, 1.165) is 24.2 Å². The number of halogens is 1. The summed E-state index contributed by atoms with van der Waals surface area (Å²) in [6.07, 6.45) is 1.74. The van der Waals surface area contributed by atoms with E-state index in [0.29, 0.717) is 11.0 Å². The van der Waals surface area contributed by atoms with Gasteiger partial charge in [-0.2, -0.15) is 0 Å². The Morgan fingerprint density at radius 3 is 2.94 bits per heavy atom. The fourth-order valence-corrected chi connectivity index (χ4v) is 1.84. The van der Waals surface area contributed by atoms with Gasteiger partial charge in [0.1, 0.15) is 0 Å². The molecule has 0 aliphatic carbocycles. The van der Waals surface area contributed by atoms with Crippen LogP contribution >= 0.6 is 11.6 Å². The summed E-state index contributed by atoms with van der Waals surface area (Å²) in [7, 11) is 0. The molecule has 0 saturated carbocycles. The maximum atomic E-state index is 11.5. The number of aromatic amines is 1. The fraction of sp³-hybridized carbons (Fsp3) is 0.231. The number of H-pyrrole nitrogens is 1. The topological polar surface area (TPSA) is 57.8 Å². The van der Waals surface area contributed by atoms with Crippen molar-refractivity contribution in [2.75, 3.05) is 5.32 Å². The molecule has 0 radical (unpaired) electrons. The summed E-state index contributed by atoms with van der Waals surface area (Å²) in [5, 5.41) is 3.66. The molecular formula is C13H14ClN3O. The van der Waals surface area contributed by atoms with Crippen LogP contribution in [0.1, 0.15) is 19.0 Å². The van der Waals surface area contributed by atoms with Crippen LogP contribution in [0.5, 0.6) is 0 Å². The van der Waals surface area contributed by atoms with Gasteiger partial charge >= 0.3 is 0 Å². The first-order valence-electron chi connectivity index (χ1n) is 5.80. The Kier molecular flexibility index (Phi) is 3.99. The summed E-state index contributed by atoms with van der Waals surface area (Å²) in [5.74, 6) is 0.438. The standard InChI is InChI=1S/C13H14ClN3O/c1-2-4-10-8-12(18)17-13(15-10)16-11-6-3-5-9(14)7-11/h3,5-8H,2,4H2,1H3,(H2,15,16,17,18). The molecule has 1 aromatic carbocycles. The van der Waals surface area contributed by atoms with Gasteiger partial charge in [0.15, 0.2) is 0 Å². The van der Waals surface area contributed by atoms with Crippen molar-refractivity contribution in [1.29, 1.82) is 0 Å². The maximum absolute atomic E-state index is 11.5. The number of nitrogens with one attached hydrogen (secondary N) is 2. The van der Waals surface area contributed by atoms with Crippen LogP contribution in [0.25, 0.3) is 0 Å². The van der Waals surface area contributed by atoms with E-state index >= 15 is 0 Å². The molecule has 0 fully saturated rings. The van der Waals surface area contributed by atoms with Crippen molar-refractivity contribution >= 4 is 23.2 Å².